The molecular weight excluding hydrogens is 108 g/mol. The molecule has 0 aliphatic heterocycles. The summed E-state index contributed by atoms with van der Waals surface area (Å²) in [6.45, 7) is 7.59. The zero-order chi connectivity index (χ0) is 6.69. The largest absolute Gasteiger partial charge is 0.0528 e. The molecule has 2 saturated carbocycles. The van der Waals surface area contributed by atoms with Gasteiger partial charge in [0, 0.05) is 0 Å². The van der Waals surface area contributed by atoms with E-state index in [1.807, 2.05) is 0 Å². The third-order valence-corrected chi connectivity index (χ3v) is 1.92. The number of rotatable bonds is 0. The van der Waals surface area contributed by atoms with Gasteiger partial charge in [-0.25, -0.2) is 0 Å². The Hall–Kier alpha value is 0. The topological polar surface area (TPSA) is 0 Å². The Bertz CT molecular complexity index is 68.1. The van der Waals surface area contributed by atoms with Crippen LogP contribution in [0.3, 0.4) is 0 Å². The summed E-state index contributed by atoms with van der Waals surface area (Å²) in [5.41, 5.74) is 0. The van der Waals surface area contributed by atoms with Gasteiger partial charge in [0.15, 0.2) is 0 Å². The van der Waals surface area contributed by atoms with Crippen molar-refractivity contribution in [3.63, 3.8) is 0 Å². The maximum absolute atomic E-state index is 3.84. The molecule has 0 N–H and O–H groups in total. The first-order valence-corrected chi connectivity index (χ1v) is 3.95. The minimum Gasteiger partial charge on any atom is -0.0528 e. The van der Waals surface area contributed by atoms with Gasteiger partial charge in [-0.15, -0.1) is 0 Å². The lowest BCUT2D eigenvalue weighted by Crippen LogP contribution is -2.04. The molecule has 2 aliphatic rings. The van der Waals surface area contributed by atoms with Crippen LogP contribution < -0.4 is 0 Å². The predicted molar refractivity (Wildman–Crippen MR) is 40.8 cm³/mol. The van der Waals surface area contributed by atoms with Crippen LogP contribution in [0.4, 0.5) is 0 Å². The van der Waals surface area contributed by atoms with Crippen LogP contribution in [0.1, 0.15) is 32.1 Å². The Morgan fingerprint density at radius 3 is 1.00 bits per heavy atom. The van der Waals surface area contributed by atoms with Crippen molar-refractivity contribution >= 4 is 0 Å². The van der Waals surface area contributed by atoms with Gasteiger partial charge in [-0.3, -0.25) is 0 Å². The van der Waals surface area contributed by atoms with Crippen LogP contribution in [0.5, 0.6) is 0 Å². The van der Waals surface area contributed by atoms with Gasteiger partial charge in [0.1, 0.15) is 0 Å². The van der Waals surface area contributed by atoms with Crippen molar-refractivity contribution in [1.82, 2.24) is 0 Å². The fraction of sp³-hybridized carbons (Fsp3) is 0.778. The zero-order valence-corrected chi connectivity index (χ0v) is 6.10. The molecule has 2 aliphatic carbocycles. The Morgan fingerprint density at radius 1 is 0.778 bits per heavy atom. The highest BCUT2D eigenvalue weighted by molar-refractivity contribution is 4.73. The van der Waals surface area contributed by atoms with E-state index >= 15 is 0 Å². The van der Waals surface area contributed by atoms with Gasteiger partial charge < -0.3 is 0 Å². The van der Waals surface area contributed by atoms with Gasteiger partial charge in [0.05, 0.1) is 0 Å². The van der Waals surface area contributed by atoms with Crippen molar-refractivity contribution in [3.8, 4) is 0 Å². The summed E-state index contributed by atoms with van der Waals surface area (Å²) >= 11 is 0. The summed E-state index contributed by atoms with van der Waals surface area (Å²) in [6.07, 6.45) is 6.92. The van der Waals surface area contributed by atoms with E-state index in [-0.39, 0.29) is 0 Å². The molecule has 0 spiro atoms. The van der Waals surface area contributed by atoms with E-state index in [0.717, 1.165) is 11.8 Å². The summed E-state index contributed by atoms with van der Waals surface area (Å²) < 4.78 is 0. The molecule has 0 nitrogen and oxygen atoms in total. The molecule has 2 rings (SSSR count). The van der Waals surface area contributed by atoms with Crippen molar-refractivity contribution in [2.45, 2.75) is 32.1 Å². The van der Waals surface area contributed by atoms with Crippen molar-refractivity contribution in [2.24, 2.45) is 11.8 Å². The second-order valence-corrected chi connectivity index (χ2v) is 3.24. The van der Waals surface area contributed by atoms with E-state index in [1.165, 1.54) is 32.1 Å². The Kier molecular flexibility index (Phi) is 2.56. The molecule has 2 radical (unpaired) electrons. The van der Waals surface area contributed by atoms with Crippen LogP contribution in [-0.2, 0) is 0 Å². The molecule has 9 heavy (non-hydrogen) atoms. The lowest BCUT2D eigenvalue weighted by atomic mass is 9.88. The summed E-state index contributed by atoms with van der Waals surface area (Å²) in [4.78, 5) is 0. The van der Waals surface area contributed by atoms with Crippen LogP contribution in [0, 0.1) is 25.7 Å². The van der Waals surface area contributed by atoms with Gasteiger partial charge >= 0.3 is 0 Å². The molecule has 52 valence electrons. The second-order valence-electron chi connectivity index (χ2n) is 3.24. The van der Waals surface area contributed by atoms with Gasteiger partial charge in [-0.1, -0.05) is 46.0 Å². The van der Waals surface area contributed by atoms with E-state index in [1.54, 1.807) is 0 Å². The van der Waals surface area contributed by atoms with Gasteiger partial charge in [-0.2, -0.15) is 0 Å². The standard InChI is InChI=1S/C5H9.C4H7/c1-5-3-2-4-5;1-4-2-3-4/h5H,1-4H2;4H,1-3H2. The molecule has 0 amide bonds. The lowest BCUT2D eigenvalue weighted by Gasteiger charge is -2.18. The van der Waals surface area contributed by atoms with Crippen LogP contribution in [0.2, 0.25) is 0 Å². The van der Waals surface area contributed by atoms with Crippen LogP contribution in [0.25, 0.3) is 0 Å². The SMILES string of the molecule is [CH2]C1CC1.[CH2]C1CCC1. The van der Waals surface area contributed by atoms with E-state index in [9.17, 15) is 0 Å². The molecule has 0 unspecified atom stereocenters. The van der Waals surface area contributed by atoms with Crippen molar-refractivity contribution in [2.75, 3.05) is 0 Å². The average Bonchev–Trinajstić information content (AvgIpc) is 2.47. The maximum atomic E-state index is 3.84. The summed E-state index contributed by atoms with van der Waals surface area (Å²) in [5, 5.41) is 0. The molecule has 0 aromatic rings. The van der Waals surface area contributed by atoms with Gasteiger partial charge in [0.25, 0.3) is 0 Å². The van der Waals surface area contributed by atoms with E-state index < -0.39 is 0 Å². The normalized spacial score (nSPS) is 26.0. The van der Waals surface area contributed by atoms with Gasteiger partial charge in [-0.05, 0) is 11.8 Å². The fourth-order valence-corrected chi connectivity index (χ4v) is 0.611. The lowest BCUT2D eigenvalue weighted by molar-refractivity contribution is 0.384. The van der Waals surface area contributed by atoms with Crippen molar-refractivity contribution in [1.29, 1.82) is 0 Å². The first kappa shape index (κ1) is 7.11. The first-order chi connectivity index (χ1) is 4.29. The number of hydrogen-bond donors (Lipinski definition) is 0. The summed E-state index contributed by atoms with van der Waals surface area (Å²) in [7, 11) is 0. The predicted octanol–water partition coefficient (Wildman–Crippen LogP) is 2.85. The van der Waals surface area contributed by atoms with Crippen molar-refractivity contribution in [3.05, 3.63) is 13.8 Å². The molecule has 2 fully saturated rings. The Morgan fingerprint density at radius 2 is 1.00 bits per heavy atom. The molecular formula is C9H16. The molecule has 0 heteroatoms. The van der Waals surface area contributed by atoms with Crippen LogP contribution in [0.15, 0.2) is 0 Å². The summed E-state index contributed by atoms with van der Waals surface area (Å²) in [6, 6.07) is 0. The zero-order valence-electron chi connectivity index (χ0n) is 6.10. The Balaban J connectivity index is 0.0000000922. The third kappa shape index (κ3) is 3.56. The van der Waals surface area contributed by atoms with Crippen molar-refractivity contribution < 1.29 is 0 Å². The second kappa shape index (κ2) is 3.24. The Labute approximate surface area is 58.7 Å². The fourth-order valence-electron chi connectivity index (χ4n) is 0.611. The van der Waals surface area contributed by atoms with Crippen LogP contribution in [-0.4, -0.2) is 0 Å². The van der Waals surface area contributed by atoms with E-state index in [4.69, 9.17) is 0 Å². The average molecular weight is 124 g/mol. The summed E-state index contributed by atoms with van der Waals surface area (Å²) in [5.74, 6) is 1.65. The minimum atomic E-state index is 0.815. The maximum Gasteiger partial charge on any atom is -0.0414 e. The number of hydrogen-bond acceptors (Lipinski definition) is 0. The van der Waals surface area contributed by atoms with E-state index in [2.05, 4.69) is 13.8 Å². The quantitative estimate of drug-likeness (QED) is 0.466. The first-order valence-electron chi connectivity index (χ1n) is 3.95. The highest BCUT2D eigenvalue weighted by Gasteiger charge is 2.12. The molecule has 0 bridgehead atoms. The highest BCUT2D eigenvalue weighted by Crippen LogP contribution is 2.26. The molecule has 0 saturated heterocycles. The third-order valence-electron chi connectivity index (χ3n) is 1.92. The van der Waals surface area contributed by atoms with Gasteiger partial charge in [0.2, 0.25) is 0 Å². The minimum absolute atomic E-state index is 0.815. The smallest absolute Gasteiger partial charge is 0.0414 e. The molecule has 0 heterocycles. The monoisotopic (exact) mass is 124 g/mol. The molecule has 0 aromatic heterocycles. The van der Waals surface area contributed by atoms with Crippen LogP contribution >= 0.6 is 0 Å². The molecule has 0 aromatic carbocycles. The molecule has 0 atom stereocenters. The highest BCUT2D eigenvalue weighted by atomic mass is 14.2. The van der Waals surface area contributed by atoms with E-state index in [0.29, 0.717) is 0 Å².